The maximum absolute atomic E-state index is 12.3. The number of hydrogen-bond acceptors (Lipinski definition) is 8. The normalized spacial score (nSPS) is 16.6. The maximum Gasteiger partial charge on any atom is 0.416 e. The number of anilines is 1. The van der Waals surface area contributed by atoms with Crippen molar-refractivity contribution in [2.45, 2.75) is 78.4 Å². The van der Waals surface area contributed by atoms with Gasteiger partial charge in [-0.2, -0.15) is 18.4 Å². The smallest absolute Gasteiger partial charge is 0.404 e. The van der Waals surface area contributed by atoms with E-state index in [9.17, 15) is 27.6 Å². The van der Waals surface area contributed by atoms with Crippen molar-refractivity contribution in [2.75, 3.05) is 18.9 Å². The van der Waals surface area contributed by atoms with E-state index in [0.29, 0.717) is 24.8 Å². The van der Waals surface area contributed by atoms with Gasteiger partial charge < -0.3 is 32.2 Å². The molecule has 2 aliphatic rings. The van der Waals surface area contributed by atoms with Gasteiger partial charge in [0, 0.05) is 44.0 Å². The number of hydrogen-bond donors (Lipinski definition) is 4. The summed E-state index contributed by atoms with van der Waals surface area (Å²) in [4.78, 5) is 47.4. The summed E-state index contributed by atoms with van der Waals surface area (Å²) in [6.07, 6.45) is 4.49. The molecule has 7 N–H and O–H groups in total. The van der Waals surface area contributed by atoms with Crippen molar-refractivity contribution in [1.29, 1.82) is 5.26 Å². The minimum atomic E-state index is -4.39. The lowest BCUT2D eigenvalue weighted by Gasteiger charge is -2.19. The fourth-order valence-corrected chi connectivity index (χ4v) is 4.13. The number of carbonyl (C=O) groups excluding carboxylic acids is 4. The zero-order valence-corrected chi connectivity index (χ0v) is 30.0. The van der Waals surface area contributed by atoms with Gasteiger partial charge in [-0.15, -0.1) is 0 Å². The average Bonchev–Trinajstić information content (AvgIpc) is 3.80. The third-order valence-corrected chi connectivity index (χ3v) is 6.77. The quantitative estimate of drug-likeness (QED) is 0.136. The molecule has 0 bridgehead atoms. The van der Waals surface area contributed by atoms with E-state index >= 15 is 0 Å². The predicted octanol–water partition coefficient (Wildman–Crippen LogP) is 6.12. The molecule has 3 amide bonds. The molecule has 2 fully saturated rings. The van der Waals surface area contributed by atoms with Crippen molar-refractivity contribution in [1.82, 2.24) is 4.90 Å². The number of nitrogens with two attached hydrogens (primary N) is 3. The molecule has 2 atom stereocenters. The third-order valence-electron chi connectivity index (χ3n) is 6.77. The number of aldehydes is 1. The van der Waals surface area contributed by atoms with E-state index in [0.717, 1.165) is 55.3 Å². The molecule has 0 aromatic heterocycles. The monoisotopic (exact) mass is 715 g/mol. The SMILES string of the molecule is CC(C)(C)C.CNc1ccccc1.N#CC1CC(C=O)CN1C(=O)CCCC1CC1.N/C=C(\C=Nc1ccc(C(F)(F)F)cc1)C(N)=O.NC=O. The number of likely N-dealkylation sites (tertiary alicyclic amines) is 1. The van der Waals surface area contributed by atoms with Crippen molar-refractivity contribution in [2.24, 2.45) is 39.4 Å². The molecule has 1 heterocycles. The molecule has 11 nitrogen and oxygen atoms in total. The molecule has 2 aromatic carbocycles. The second-order valence-electron chi connectivity index (χ2n) is 13.2. The summed E-state index contributed by atoms with van der Waals surface area (Å²) in [6.45, 7) is 9.18. The van der Waals surface area contributed by atoms with Crippen LogP contribution in [0, 0.1) is 28.6 Å². The minimum absolute atomic E-state index is 0.0325. The van der Waals surface area contributed by atoms with Crippen molar-refractivity contribution in [3.8, 4) is 6.07 Å². The Morgan fingerprint density at radius 2 is 1.57 bits per heavy atom. The van der Waals surface area contributed by atoms with Gasteiger partial charge in [0.2, 0.25) is 12.3 Å². The van der Waals surface area contributed by atoms with Crippen molar-refractivity contribution in [3.05, 3.63) is 71.9 Å². The van der Waals surface area contributed by atoms with Crippen LogP contribution < -0.4 is 22.5 Å². The topological polar surface area (TPSA) is 198 Å². The lowest BCUT2D eigenvalue weighted by molar-refractivity contribution is -0.137. The number of carbonyl (C=O) groups is 4. The number of primary amides is 2. The summed E-state index contributed by atoms with van der Waals surface area (Å²) in [5, 5.41) is 12.0. The number of benzene rings is 2. The molecule has 1 saturated carbocycles. The van der Waals surface area contributed by atoms with Gasteiger partial charge in [-0.05, 0) is 67.0 Å². The number of rotatable bonds is 9. The summed E-state index contributed by atoms with van der Waals surface area (Å²) in [5.74, 6) is -0.0300. The van der Waals surface area contributed by atoms with Crippen LogP contribution in [0.3, 0.4) is 0 Å². The van der Waals surface area contributed by atoms with Gasteiger partial charge in [0.05, 0.1) is 22.9 Å². The van der Waals surface area contributed by atoms with E-state index in [2.05, 4.69) is 49.8 Å². The molecule has 0 radical (unpaired) electrons. The van der Waals surface area contributed by atoms with E-state index in [4.69, 9.17) is 21.5 Å². The molecule has 4 rings (SSSR count). The first-order valence-corrected chi connectivity index (χ1v) is 16.4. The second-order valence-corrected chi connectivity index (χ2v) is 13.2. The number of halogens is 3. The van der Waals surface area contributed by atoms with Crippen LogP contribution in [0.2, 0.25) is 0 Å². The highest BCUT2D eigenvalue weighted by Crippen LogP contribution is 2.34. The highest BCUT2D eigenvalue weighted by Gasteiger charge is 2.35. The minimum Gasteiger partial charge on any atom is -0.404 e. The Hall–Kier alpha value is -5.19. The fraction of sp³-hybridized carbons (Fsp3) is 0.459. The highest BCUT2D eigenvalue weighted by molar-refractivity contribution is 6.11. The van der Waals surface area contributed by atoms with Gasteiger partial charge in [-0.3, -0.25) is 19.4 Å². The van der Waals surface area contributed by atoms with Crippen LogP contribution in [0.15, 0.2) is 71.4 Å². The average molecular weight is 716 g/mol. The maximum atomic E-state index is 12.3. The van der Waals surface area contributed by atoms with E-state index in [1.54, 1.807) is 4.90 Å². The van der Waals surface area contributed by atoms with E-state index < -0.39 is 23.7 Å². The Labute approximate surface area is 299 Å². The zero-order chi connectivity index (χ0) is 39.0. The second kappa shape index (κ2) is 24.0. The predicted molar refractivity (Wildman–Crippen MR) is 194 cm³/mol. The first kappa shape index (κ1) is 45.8. The number of amides is 3. The summed E-state index contributed by atoms with van der Waals surface area (Å²) >= 11 is 0. The summed E-state index contributed by atoms with van der Waals surface area (Å²) in [5.41, 5.74) is 15.4. The number of aliphatic imine (C=N–C) groups is 1. The van der Waals surface area contributed by atoms with Gasteiger partial charge in [-0.25, -0.2) is 0 Å². The Kier molecular flexibility index (Phi) is 21.6. The molecule has 0 spiro atoms. The van der Waals surface area contributed by atoms with Crippen molar-refractivity contribution >= 4 is 42.1 Å². The van der Waals surface area contributed by atoms with E-state index in [-0.39, 0.29) is 29.5 Å². The number of nitrogens with zero attached hydrogens (tertiary/aromatic N) is 3. The molecule has 1 aliphatic carbocycles. The lowest BCUT2D eigenvalue weighted by Crippen LogP contribution is -2.34. The van der Waals surface area contributed by atoms with Gasteiger partial charge in [0.1, 0.15) is 12.3 Å². The van der Waals surface area contributed by atoms with Crippen LogP contribution >= 0.6 is 0 Å². The molecule has 1 saturated heterocycles. The standard InChI is InChI=1S/C13H18N2O2.C11H10F3N3O.C7H9N.C5H12.CH3NO/c14-7-12-6-11(9-16)8-15(12)13(17)3-1-2-10-4-5-10;12-11(13,14)8-1-3-9(4-2-8)17-6-7(5-15)10(16)18;1-8-7-5-3-2-4-6-7;1-5(2,3)4;2-1-3/h9-12H,1-6,8H2;1-6H,15H2,(H2,16,18);2-6,8H,1H3;1-4H3;1H,(H2,2,3)/b;7-5+,17-6?;;;. The fourth-order valence-electron chi connectivity index (χ4n) is 4.13. The number of nitrogens with one attached hydrogen (secondary N) is 1. The van der Waals surface area contributed by atoms with Gasteiger partial charge in [-0.1, -0.05) is 58.7 Å². The number of nitriles is 1. The van der Waals surface area contributed by atoms with Gasteiger partial charge in [0.25, 0.3) is 5.91 Å². The van der Waals surface area contributed by atoms with Crippen LogP contribution in [-0.2, 0) is 25.4 Å². The molecule has 2 unspecified atom stereocenters. The van der Waals surface area contributed by atoms with Crippen LogP contribution in [0.1, 0.15) is 71.8 Å². The Bertz CT molecular complexity index is 1430. The zero-order valence-electron chi connectivity index (χ0n) is 30.0. The Balaban J connectivity index is 0.000000695. The first-order chi connectivity index (χ1) is 23.9. The molecule has 1 aliphatic heterocycles. The lowest BCUT2D eigenvalue weighted by atomic mass is 10.0. The first-order valence-electron chi connectivity index (χ1n) is 16.4. The molecule has 14 heteroatoms. The van der Waals surface area contributed by atoms with E-state index in [1.807, 2.05) is 37.4 Å². The van der Waals surface area contributed by atoms with Crippen LogP contribution in [-0.4, -0.2) is 55.3 Å². The van der Waals surface area contributed by atoms with Gasteiger partial charge in [0.15, 0.2) is 0 Å². The molecular weight excluding hydrogens is 663 g/mol. The van der Waals surface area contributed by atoms with Crippen LogP contribution in [0.5, 0.6) is 0 Å². The Morgan fingerprint density at radius 3 is 1.96 bits per heavy atom. The molecule has 2 aromatic rings. The summed E-state index contributed by atoms with van der Waals surface area (Å²) in [7, 11) is 1.91. The van der Waals surface area contributed by atoms with Crippen molar-refractivity contribution in [3.63, 3.8) is 0 Å². The Morgan fingerprint density at radius 1 is 1.02 bits per heavy atom. The van der Waals surface area contributed by atoms with Crippen LogP contribution in [0.4, 0.5) is 24.5 Å². The number of para-hydroxylation sites is 1. The summed E-state index contributed by atoms with van der Waals surface area (Å²) < 4.78 is 36.8. The number of alkyl halides is 3. The molecule has 51 heavy (non-hydrogen) atoms. The van der Waals surface area contributed by atoms with Crippen LogP contribution in [0.25, 0.3) is 0 Å². The third kappa shape index (κ3) is 22.2. The highest BCUT2D eigenvalue weighted by atomic mass is 19.4. The van der Waals surface area contributed by atoms with E-state index in [1.165, 1.54) is 25.0 Å². The van der Waals surface area contributed by atoms with Gasteiger partial charge >= 0.3 is 6.18 Å². The molecule has 280 valence electrons. The summed E-state index contributed by atoms with van der Waals surface area (Å²) in [6, 6.07) is 15.9. The molecular formula is C37H52F3N7O4. The largest absolute Gasteiger partial charge is 0.416 e. The van der Waals surface area contributed by atoms with Crippen molar-refractivity contribution < 1.29 is 32.3 Å².